The minimum Gasteiger partial charge on any atom is -0.381 e. The first kappa shape index (κ1) is 13.5. The molecule has 0 amide bonds. The molecule has 1 fully saturated rings. The summed E-state index contributed by atoms with van der Waals surface area (Å²) in [6.07, 6.45) is 5.09. The largest absolute Gasteiger partial charge is 0.381 e. The third kappa shape index (κ3) is 3.75. The topological polar surface area (TPSA) is 12.0 Å². The monoisotopic (exact) mass is 363 g/mol. The van der Waals surface area contributed by atoms with Crippen molar-refractivity contribution in [1.82, 2.24) is 0 Å². The fraction of sp³-hybridized carbons (Fsp3) is 0.571. The zero-order chi connectivity index (χ0) is 12.5. The van der Waals surface area contributed by atoms with Crippen molar-refractivity contribution in [2.75, 3.05) is 5.32 Å². The summed E-state index contributed by atoms with van der Waals surface area (Å²) in [5.41, 5.74) is 1.60. The van der Waals surface area contributed by atoms with E-state index in [0.717, 1.165) is 10.7 Å². The first-order chi connectivity index (χ1) is 7.96. The molecule has 1 aliphatic rings. The average molecular weight is 364 g/mol. The molecule has 0 atom stereocenters. The Labute approximate surface area is 122 Å². The number of hydrogen-bond donors (Lipinski definition) is 1. The first-order valence-corrected chi connectivity index (χ1v) is 7.63. The fourth-order valence-corrected chi connectivity index (χ4v) is 3.28. The van der Waals surface area contributed by atoms with Crippen LogP contribution in [0.25, 0.3) is 0 Å². The highest BCUT2D eigenvalue weighted by Gasteiger charge is 2.26. The van der Waals surface area contributed by atoms with E-state index < -0.39 is 0 Å². The second kappa shape index (κ2) is 5.35. The van der Waals surface area contributed by atoms with E-state index in [9.17, 15) is 0 Å². The van der Waals surface area contributed by atoms with E-state index in [1.807, 2.05) is 6.07 Å². The maximum absolute atomic E-state index is 6.24. The molecular formula is C14H19ClIN. The fourth-order valence-electron chi connectivity index (χ4n) is 2.37. The van der Waals surface area contributed by atoms with Gasteiger partial charge in [0, 0.05) is 9.61 Å². The van der Waals surface area contributed by atoms with E-state index in [-0.39, 0.29) is 0 Å². The third-order valence-corrected chi connectivity index (χ3v) is 4.61. The smallest absolute Gasteiger partial charge is 0.0648 e. The second-order valence-electron chi connectivity index (χ2n) is 5.71. The Kier molecular flexibility index (Phi) is 4.24. The normalized spacial score (nSPS) is 20.2. The van der Waals surface area contributed by atoms with Gasteiger partial charge >= 0.3 is 0 Å². The van der Waals surface area contributed by atoms with Crippen LogP contribution in [0.3, 0.4) is 0 Å². The van der Waals surface area contributed by atoms with Crippen LogP contribution in [0.5, 0.6) is 0 Å². The number of rotatable bonds is 2. The summed E-state index contributed by atoms with van der Waals surface area (Å²) in [4.78, 5) is 0. The molecule has 0 aliphatic heterocycles. The molecule has 0 radical (unpaired) electrons. The van der Waals surface area contributed by atoms with Crippen LogP contribution in [0, 0.1) is 8.99 Å². The molecule has 0 aromatic heterocycles. The van der Waals surface area contributed by atoms with Gasteiger partial charge in [0.2, 0.25) is 0 Å². The van der Waals surface area contributed by atoms with Gasteiger partial charge in [0.25, 0.3) is 0 Å². The molecule has 1 aromatic carbocycles. The molecule has 0 bridgehead atoms. The summed E-state index contributed by atoms with van der Waals surface area (Å²) in [6, 6.07) is 6.78. The predicted molar refractivity (Wildman–Crippen MR) is 83.8 cm³/mol. The van der Waals surface area contributed by atoms with E-state index in [1.54, 1.807) is 0 Å². The Morgan fingerprint density at radius 2 is 1.94 bits per heavy atom. The lowest BCUT2D eigenvalue weighted by Crippen LogP contribution is -2.29. The summed E-state index contributed by atoms with van der Waals surface area (Å²) in [7, 11) is 0. The second-order valence-corrected chi connectivity index (χ2v) is 7.36. The van der Waals surface area contributed by atoms with Crippen molar-refractivity contribution in [2.45, 2.75) is 45.6 Å². The summed E-state index contributed by atoms with van der Waals surface area (Å²) < 4.78 is 1.18. The summed E-state index contributed by atoms with van der Waals surface area (Å²) in [5.74, 6) is 0. The minimum absolute atomic E-state index is 0.522. The Hall–Kier alpha value is 0.0400. The van der Waals surface area contributed by atoms with Crippen LogP contribution in [0.2, 0.25) is 5.02 Å². The van der Waals surface area contributed by atoms with Gasteiger partial charge in [-0.15, -0.1) is 0 Å². The minimum atomic E-state index is 0.522. The molecule has 1 nitrogen and oxygen atoms in total. The van der Waals surface area contributed by atoms with Gasteiger partial charge in [0.05, 0.1) is 10.7 Å². The number of halogens is 2. The van der Waals surface area contributed by atoms with Gasteiger partial charge in [-0.25, -0.2) is 0 Å². The summed E-state index contributed by atoms with van der Waals surface area (Å²) >= 11 is 8.52. The maximum Gasteiger partial charge on any atom is 0.0648 e. The van der Waals surface area contributed by atoms with Crippen molar-refractivity contribution in [3.05, 3.63) is 26.8 Å². The zero-order valence-electron chi connectivity index (χ0n) is 10.4. The van der Waals surface area contributed by atoms with E-state index in [0.29, 0.717) is 11.5 Å². The molecule has 0 heterocycles. The molecule has 94 valence electrons. The van der Waals surface area contributed by atoms with Crippen LogP contribution in [-0.2, 0) is 0 Å². The van der Waals surface area contributed by atoms with Crippen molar-refractivity contribution in [2.24, 2.45) is 5.41 Å². The van der Waals surface area contributed by atoms with Gasteiger partial charge in [-0.1, -0.05) is 25.4 Å². The zero-order valence-corrected chi connectivity index (χ0v) is 13.3. The lowest BCUT2D eigenvalue weighted by atomic mass is 9.75. The number of anilines is 1. The highest BCUT2D eigenvalue weighted by molar-refractivity contribution is 14.1. The van der Waals surface area contributed by atoms with Gasteiger partial charge in [-0.3, -0.25) is 0 Å². The lowest BCUT2D eigenvalue weighted by Gasteiger charge is -2.35. The van der Waals surface area contributed by atoms with Crippen LogP contribution in [0.15, 0.2) is 18.2 Å². The number of hydrogen-bond acceptors (Lipinski definition) is 1. The lowest BCUT2D eigenvalue weighted by molar-refractivity contribution is 0.232. The van der Waals surface area contributed by atoms with Crippen molar-refractivity contribution < 1.29 is 0 Å². The molecule has 1 saturated carbocycles. The molecular weight excluding hydrogens is 345 g/mol. The van der Waals surface area contributed by atoms with Crippen LogP contribution in [-0.4, -0.2) is 6.04 Å². The number of benzene rings is 1. The molecule has 1 aromatic rings. The molecule has 0 unspecified atom stereocenters. The predicted octanol–water partition coefficient (Wildman–Crippen LogP) is 5.33. The van der Waals surface area contributed by atoms with E-state index >= 15 is 0 Å². The Balaban J connectivity index is 1.98. The van der Waals surface area contributed by atoms with E-state index in [2.05, 4.69) is 53.9 Å². The molecule has 1 N–H and O–H groups in total. The Morgan fingerprint density at radius 1 is 1.29 bits per heavy atom. The molecule has 0 saturated heterocycles. The molecule has 2 rings (SSSR count). The maximum atomic E-state index is 6.24. The highest BCUT2D eigenvalue weighted by Crippen LogP contribution is 2.36. The Morgan fingerprint density at radius 3 is 2.53 bits per heavy atom. The third-order valence-electron chi connectivity index (χ3n) is 3.63. The molecule has 0 spiro atoms. The molecule has 1 aliphatic carbocycles. The SMILES string of the molecule is CC1(C)CCC(Nc2ccc(I)cc2Cl)CC1. The molecule has 17 heavy (non-hydrogen) atoms. The van der Waals surface area contributed by atoms with E-state index in [4.69, 9.17) is 11.6 Å². The Bertz CT molecular complexity index is 393. The van der Waals surface area contributed by atoms with Crippen LogP contribution >= 0.6 is 34.2 Å². The van der Waals surface area contributed by atoms with Crippen molar-refractivity contribution >= 4 is 39.9 Å². The van der Waals surface area contributed by atoms with Crippen molar-refractivity contribution in [1.29, 1.82) is 0 Å². The standard InChI is InChI=1S/C14H19ClIN/c1-14(2)7-5-11(6-8-14)17-13-4-3-10(16)9-12(13)15/h3-4,9,11,17H,5-8H2,1-2H3. The average Bonchev–Trinajstić information content (AvgIpc) is 2.25. The van der Waals surface area contributed by atoms with Crippen LogP contribution in [0.4, 0.5) is 5.69 Å². The van der Waals surface area contributed by atoms with Crippen molar-refractivity contribution in [3.63, 3.8) is 0 Å². The van der Waals surface area contributed by atoms with Gasteiger partial charge in [0.15, 0.2) is 0 Å². The van der Waals surface area contributed by atoms with Gasteiger partial charge in [-0.05, 0) is 71.9 Å². The van der Waals surface area contributed by atoms with Gasteiger partial charge < -0.3 is 5.32 Å². The molecule has 3 heteroatoms. The highest BCUT2D eigenvalue weighted by atomic mass is 127. The van der Waals surface area contributed by atoms with Crippen molar-refractivity contribution in [3.8, 4) is 0 Å². The summed E-state index contributed by atoms with van der Waals surface area (Å²) in [6.45, 7) is 4.72. The van der Waals surface area contributed by atoms with Gasteiger partial charge in [0.1, 0.15) is 0 Å². The van der Waals surface area contributed by atoms with E-state index in [1.165, 1.54) is 29.3 Å². The van der Waals surface area contributed by atoms with Gasteiger partial charge in [-0.2, -0.15) is 0 Å². The van der Waals surface area contributed by atoms with Crippen LogP contribution in [0.1, 0.15) is 39.5 Å². The quantitative estimate of drug-likeness (QED) is 0.701. The number of nitrogens with one attached hydrogen (secondary N) is 1. The van der Waals surface area contributed by atoms with Crippen LogP contribution < -0.4 is 5.32 Å². The first-order valence-electron chi connectivity index (χ1n) is 6.18. The summed E-state index contributed by atoms with van der Waals surface area (Å²) in [5, 5.41) is 4.41.